The van der Waals surface area contributed by atoms with Crippen molar-refractivity contribution < 1.29 is 4.79 Å². The fraction of sp³-hybridized carbons (Fsp3) is 0.773. The molecular weight excluding hydrogens is 308 g/mol. The summed E-state index contributed by atoms with van der Waals surface area (Å²) in [6.45, 7) is 7.92. The van der Waals surface area contributed by atoms with Crippen molar-refractivity contribution in [3.05, 3.63) is 23.3 Å². The van der Waals surface area contributed by atoms with E-state index < -0.39 is 0 Å². The van der Waals surface area contributed by atoms with Crippen molar-refractivity contribution in [2.45, 2.75) is 71.8 Å². The Hall–Kier alpha value is -1.09. The maximum Gasteiger partial charge on any atom is 0.243 e. The number of carbonyl (C=O) groups is 1. The Bertz CT molecular complexity index is 502. The van der Waals surface area contributed by atoms with Crippen molar-refractivity contribution in [3.63, 3.8) is 0 Å². The third kappa shape index (κ3) is 5.20. The molecule has 3 nitrogen and oxygen atoms in total. The molecule has 2 N–H and O–H groups in total. The van der Waals surface area contributed by atoms with Crippen LogP contribution in [-0.4, -0.2) is 25.0 Å². The highest BCUT2D eigenvalue weighted by Gasteiger charge is 2.47. The number of nitrogens with one attached hydrogen (secondary N) is 2. The molecular formula is C22H36N2O. The van der Waals surface area contributed by atoms with Crippen molar-refractivity contribution in [2.75, 3.05) is 13.1 Å². The van der Waals surface area contributed by atoms with Crippen LogP contribution in [0.2, 0.25) is 0 Å². The monoisotopic (exact) mass is 344 g/mol. The first-order valence-electron chi connectivity index (χ1n) is 10.3. The van der Waals surface area contributed by atoms with E-state index in [2.05, 4.69) is 30.6 Å². The van der Waals surface area contributed by atoms with Crippen LogP contribution < -0.4 is 10.6 Å². The molecule has 0 saturated heterocycles. The Morgan fingerprint density at radius 1 is 0.960 bits per heavy atom. The van der Waals surface area contributed by atoms with Gasteiger partial charge in [0.2, 0.25) is 5.91 Å². The van der Waals surface area contributed by atoms with Gasteiger partial charge in [0.25, 0.3) is 0 Å². The summed E-state index contributed by atoms with van der Waals surface area (Å²) in [5, 5.41) is 6.82. The molecule has 4 bridgehead atoms. The minimum Gasteiger partial charge on any atom is -0.351 e. The Kier molecular flexibility index (Phi) is 6.38. The van der Waals surface area contributed by atoms with Crippen LogP contribution in [0.5, 0.6) is 0 Å². The van der Waals surface area contributed by atoms with Gasteiger partial charge in [0.05, 0.1) is 0 Å². The van der Waals surface area contributed by atoms with Gasteiger partial charge >= 0.3 is 0 Å². The van der Waals surface area contributed by atoms with E-state index in [0.29, 0.717) is 6.04 Å². The summed E-state index contributed by atoms with van der Waals surface area (Å²) >= 11 is 0. The number of hydrogen-bond donors (Lipinski definition) is 2. The summed E-state index contributed by atoms with van der Waals surface area (Å²) in [5.74, 6) is 3.93. The van der Waals surface area contributed by atoms with Crippen LogP contribution >= 0.6 is 0 Å². The molecule has 3 heteroatoms. The Morgan fingerprint density at radius 3 is 2.20 bits per heavy atom. The van der Waals surface area contributed by atoms with Gasteiger partial charge in [0.1, 0.15) is 0 Å². The molecule has 0 aliphatic heterocycles. The molecule has 4 aliphatic carbocycles. The molecule has 0 radical (unpaired) electrons. The van der Waals surface area contributed by atoms with Crippen LogP contribution in [0.4, 0.5) is 0 Å². The average molecular weight is 345 g/mol. The van der Waals surface area contributed by atoms with Crippen LogP contribution in [0.15, 0.2) is 23.3 Å². The summed E-state index contributed by atoms with van der Waals surface area (Å²) in [6.07, 6.45) is 13.3. The summed E-state index contributed by atoms with van der Waals surface area (Å²) in [4.78, 5) is 12.0. The summed E-state index contributed by atoms with van der Waals surface area (Å²) < 4.78 is 0. The molecule has 1 amide bonds. The van der Waals surface area contributed by atoms with Crippen LogP contribution in [0.1, 0.15) is 65.7 Å². The van der Waals surface area contributed by atoms with Gasteiger partial charge in [-0.2, -0.15) is 0 Å². The van der Waals surface area contributed by atoms with Gasteiger partial charge in [-0.3, -0.25) is 4.79 Å². The Morgan fingerprint density at radius 2 is 1.60 bits per heavy atom. The predicted molar refractivity (Wildman–Crippen MR) is 104 cm³/mol. The standard InChI is InChI=1S/C22H36N2O/c1-15(2)5-4-6-16(3)9-21(25)23-7-8-24-22-19-11-17-10-18(13-19)14-20(22)12-17/h5,9,17-20,22,24H,4,6-8,10-14H2,1-3H3,(H,23,25)/b16-9+. The fourth-order valence-corrected chi connectivity index (χ4v) is 5.62. The smallest absolute Gasteiger partial charge is 0.243 e. The van der Waals surface area contributed by atoms with E-state index in [1.807, 2.05) is 6.92 Å². The molecule has 140 valence electrons. The van der Waals surface area contributed by atoms with Gasteiger partial charge in [-0.1, -0.05) is 17.2 Å². The van der Waals surface area contributed by atoms with Crippen LogP contribution in [0.3, 0.4) is 0 Å². The zero-order valence-corrected chi connectivity index (χ0v) is 16.3. The fourth-order valence-electron chi connectivity index (χ4n) is 5.62. The van der Waals surface area contributed by atoms with Crippen LogP contribution in [-0.2, 0) is 4.79 Å². The second-order valence-electron chi connectivity index (χ2n) is 9.01. The molecule has 0 aromatic rings. The van der Waals surface area contributed by atoms with E-state index in [4.69, 9.17) is 0 Å². The lowest BCUT2D eigenvalue weighted by molar-refractivity contribution is -0.116. The summed E-state index contributed by atoms with van der Waals surface area (Å²) in [6, 6.07) is 0.714. The number of carbonyl (C=O) groups excluding carboxylic acids is 1. The molecule has 0 aromatic heterocycles. The number of rotatable bonds is 8. The summed E-state index contributed by atoms with van der Waals surface area (Å²) in [7, 11) is 0. The molecule has 4 saturated carbocycles. The predicted octanol–water partition coefficient (Wildman–Crippen LogP) is 4.21. The van der Waals surface area contributed by atoms with E-state index in [1.54, 1.807) is 6.08 Å². The van der Waals surface area contributed by atoms with Crippen molar-refractivity contribution in [1.82, 2.24) is 10.6 Å². The third-order valence-electron chi connectivity index (χ3n) is 6.50. The highest BCUT2D eigenvalue weighted by Crippen LogP contribution is 2.53. The van der Waals surface area contributed by atoms with E-state index >= 15 is 0 Å². The molecule has 0 heterocycles. The van der Waals surface area contributed by atoms with Crippen LogP contribution in [0, 0.1) is 23.7 Å². The van der Waals surface area contributed by atoms with Crippen LogP contribution in [0.25, 0.3) is 0 Å². The molecule has 4 rings (SSSR count). The van der Waals surface area contributed by atoms with Gasteiger partial charge in [-0.25, -0.2) is 0 Å². The zero-order valence-electron chi connectivity index (χ0n) is 16.3. The van der Waals surface area contributed by atoms with Gasteiger partial charge in [-0.05, 0) is 89.4 Å². The Labute approximate surface area is 153 Å². The summed E-state index contributed by atoms with van der Waals surface area (Å²) in [5.41, 5.74) is 2.50. The number of allylic oxidation sites excluding steroid dienone is 3. The topological polar surface area (TPSA) is 41.1 Å². The minimum atomic E-state index is 0.0570. The lowest BCUT2D eigenvalue weighted by Gasteiger charge is -2.54. The highest BCUT2D eigenvalue weighted by atomic mass is 16.1. The van der Waals surface area contributed by atoms with Crippen molar-refractivity contribution in [2.24, 2.45) is 23.7 Å². The number of hydrogen-bond acceptors (Lipinski definition) is 2. The number of amides is 1. The SMILES string of the molecule is CC(C)=CCC/C(C)=C/C(=O)NCCNC1C2CC3CC(C2)CC1C3. The van der Waals surface area contributed by atoms with E-state index in [0.717, 1.165) is 55.2 Å². The maximum atomic E-state index is 12.0. The van der Waals surface area contributed by atoms with Gasteiger partial charge < -0.3 is 10.6 Å². The van der Waals surface area contributed by atoms with Gasteiger partial charge in [0.15, 0.2) is 0 Å². The molecule has 0 atom stereocenters. The molecule has 4 aliphatic rings. The third-order valence-corrected chi connectivity index (χ3v) is 6.50. The molecule has 0 unspecified atom stereocenters. The quantitative estimate of drug-likeness (QED) is 0.393. The lowest BCUT2D eigenvalue weighted by atomic mass is 9.54. The molecule has 0 aromatic carbocycles. The first-order valence-corrected chi connectivity index (χ1v) is 10.3. The largest absolute Gasteiger partial charge is 0.351 e. The molecule has 25 heavy (non-hydrogen) atoms. The van der Waals surface area contributed by atoms with Crippen molar-refractivity contribution >= 4 is 5.91 Å². The minimum absolute atomic E-state index is 0.0570. The lowest BCUT2D eigenvalue weighted by Crippen LogP contribution is -2.55. The Balaban J connectivity index is 1.33. The maximum absolute atomic E-state index is 12.0. The average Bonchev–Trinajstić information content (AvgIpc) is 2.52. The van der Waals surface area contributed by atoms with E-state index in [9.17, 15) is 4.79 Å². The first kappa shape index (κ1) is 18.7. The highest BCUT2D eigenvalue weighted by molar-refractivity contribution is 5.88. The van der Waals surface area contributed by atoms with Gasteiger partial charge in [0, 0.05) is 25.2 Å². The second-order valence-corrected chi connectivity index (χ2v) is 9.01. The normalized spacial score (nSPS) is 33.4. The van der Waals surface area contributed by atoms with E-state index in [-0.39, 0.29) is 5.91 Å². The molecule has 0 spiro atoms. The van der Waals surface area contributed by atoms with Gasteiger partial charge in [-0.15, -0.1) is 0 Å². The van der Waals surface area contributed by atoms with Crippen molar-refractivity contribution in [3.8, 4) is 0 Å². The van der Waals surface area contributed by atoms with Crippen molar-refractivity contribution in [1.29, 1.82) is 0 Å². The second kappa shape index (κ2) is 8.53. The molecule has 4 fully saturated rings. The van der Waals surface area contributed by atoms with E-state index in [1.165, 1.54) is 37.7 Å². The zero-order chi connectivity index (χ0) is 17.8. The first-order chi connectivity index (χ1) is 12.0.